The van der Waals surface area contributed by atoms with Crippen LogP contribution in [-0.2, 0) is 9.59 Å². The van der Waals surface area contributed by atoms with Gasteiger partial charge in [0.15, 0.2) is 0 Å². The number of benzene rings is 1. The molecule has 1 fully saturated rings. The van der Waals surface area contributed by atoms with Crippen molar-refractivity contribution in [1.29, 1.82) is 0 Å². The molecular formula is C16H19N5O2S. The van der Waals surface area contributed by atoms with Gasteiger partial charge < -0.3 is 4.90 Å². The third-order valence-corrected chi connectivity index (χ3v) is 4.65. The van der Waals surface area contributed by atoms with E-state index in [0.29, 0.717) is 24.6 Å². The standard InChI is InChI=1S/C16H19N5O2S/c1-2-20(10-14(22)18-16-19-17-11-24-16)13-8-9-21(15(13)23)12-6-4-3-5-7-12/h3-7,11,13H,2,8-10H2,1H3,(H,18,19,22). The van der Waals surface area contributed by atoms with E-state index in [4.69, 9.17) is 0 Å². The fourth-order valence-electron chi connectivity index (χ4n) is 2.88. The molecule has 24 heavy (non-hydrogen) atoms. The summed E-state index contributed by atoms with van der Waals surface area (Å²) < 4.78 is 0. The monoisotopic (exact) mass is 345 g/mol. The quantitative estimate of drug-likeness (QED) is 0.860. The van der Waals surface area contributed by atoms with Crippen molar-refractivity contribution in [2.24, 2.45) is 0 Å². The van der Waals surface area contributed by atoms with Crippen LogP contribution in [0, 0.1) is 0 Å². The van der Waals surface area contributed by atoms with Crippen LogP contribution in [0.25, 0.3) is 0 Å². The lowest BCUT2D eigenvalue weighted by Crippen LogP contribution is -2.45. The van der Waals surface area contributed by atoms with E-state index in [-0.39, 0.29) is 24.4 Å². The third kappa shape index (κ3) is 3.60. The summed E-state index contributed by atoms with van der Waals surface area (Å²) in [5, 5.41) is 10.7. The zero-order valence-corrected chi connectivity index (χ0v) is 14.2. The van der Waals surface area contributed by atoms with Gasteiger partial charge in [0.25, 0.3) is 0 Å². The molecule has 1 aromatic carbocycles. The zero-order valence-electron chi connectivity index (χ0n) is 13.4. The number of nitrogens with zero attached hydrogens (tertiary/aromatic N) is 4. The van der Waals surface area contributed by atoms with Crippen LogP contribution in [0.3, 0.4) is 0 Å². The maximum Gasteiger partial charge on any atom is 0.244 e. The number of anilines is 2. The van der Waals surface area contributed by atoms with Crippen molar-refractivity contribution in [3.63, 3.8) is 0 Å². The molecule has 0 aliphatic carbocycles. The van der Waals surface area contributed by atoms with Gasteiger partial charge in [-0.1, -0.05) is 36.5 Å². The summed E-state index contributed by atoms with van der Waals surface area (Å²) in [5.74, 6) is -0.133. The molecule has 1 saturated heterocycles. The zero-order chi connectivity index (χ0) is 16.9. The van der Waals surface area contributed by atoms with Crippen molar-refractivity contribution in [2.45, 2.75) is 19.4 Å². The van der Waals surface area contributed by atoms with Gasteiger partial charge in [0.05, 0.1) is 12.6 Å². The van der Waals surface area contributed by atoms with E-state index in [1.165, 1.54) is 11.3 Å². The number of carbonyl (C=O) groups is 2. The third-order valence-electron chi connectivity index (χ3n) is 4.05. The fraction of sp³-hybridized carbons (Fsp3) is 0.375. The van der Waals surface area contributed by atoms with Crippen molar-refractivity contribution >= 4 is 34.0 Å². The van der Waals surface area contributed by atoms with Gasteiger partial charge >= 0.3 is 0 Å². The van der Waals surface area contributed by atoms with Crippen molar-refractivity contribution in [1.82, 2.24) is 15.1 Å². The maximum atomic E-state index is 12.7. The number of likely N-dealkylation sites (N-methyl/N-ethyl adjacent to an activating group) is 1. The Hall–Kier alpha value is -2.32. The number of hydrogen-bond acceptors (Lipinski definition) is 6. The lowest BCUT2D eigenvalue weighted by molar-refractivity contribution is -0.123. The highest BCUT2D eigenvalue weighted by molar-refractivity contribution is 7.13. The highest BCUT2D eigenvalue weighted by Gasteiger charge is 2.36. The number of hydrogen-bond donors (Lipinski definition) is 1. The molecule has 2 amide bonds. The molecule has 8 heteroatoms. The first-order valence-corrected chi connectivity index (χ1v) is 8.73. The Morgan fingerprint density at radius 1 is 1.42 bits per heavy atom. The van der Waals surface area contributed by atoms with Gasteiger partial charge in [-0.3, -0.25) is 19.8 Å². The molecule has 0 radical (unpaired) electrons. The summed E-state index contributed by atoms with van der Waals surface area (Å²) >= 11 is 1.27. The molecule has 1 N–H and O–H groups in total. The minimum atomic E-state index is -0.268. The summed E-state index contributed by atoms with van der Waals surface area (Å²) in [6.07, 6.45) is 0.716. The van der Waals surface area contributed by atoms with Gasteiger partial charge in [-0.15, -0.1) is 10.2 Å². The molecule has 0 saturated carbocycles. The SMILES string of the molecule is CCN(CC(=O)Nc1nncs1)C1CCN(c2ccccc2)C1=O. The van der Waals surface area contributed by atoms with Crippen molar-refractivity contribution < 1.29 is 9.59 Å². The molecule has 2 aromatic rings. The molecule has 0 bridgehead atoms. The van der Waals surface area contributed by atoms with Crippen LogP contribution < -0.4 is 10.2 Å². The van der Waals surface area contributed by atoms with Gasteiger partial charge in [-0.05, 0) is 25.1 Å². The summed E-state index contributed by atoms with van der Waals surface area (Å²) in [4.78, 5) is 28.6. The summed E-state index contributed by atoms with van der Waals surface area (Å²) in [5.41, 5.74) is 2.46. The molecular weight excluding hydrogens is 326 g/mol. The van der Waals surface area contributed by atoms with Gasteiger partial charge in [0, 0.05) is 12.2 Å². The first-order chi connectivity index (χ1) is 11.7. The summed E-state index contributed by atoms with van der Waals surface area (Å²) in [7, 11) is 0. The van der Waals surface area contributed by atoms with Crippen LogP contribution in [0.1, 0.15) is 13.3 Å². The molecule has 7 nitrogen and oxygen atoms in total. The van der Waals surface area contributed by atoms with E-state index in [9.17, 15) is 9.59 Å². The van der Waals surface area contributed by atoms with Gasteiger partial charge in [0.2, 0.25) is 16.9 Å². The van der Waals surface area contributed by atoms with E-state index >= 15 is 0 Å². The first kappa shape index (κ1) is 16.5. The second-order valence-corrected chi connectivity index (χ2v) is 6.32. The van der Waals surface area contributed by atoms with Crippen molar-refractivity contribution in [3.8, 4) is 0 Å². The van der Waals surface area contributed by atoms with E-state index in [1.54, 1.807) is 10.4 Å². The largest absolute Gasteiger partial charge is 0.311 e. The predicted octanol–water partition coefficient (Wildman–Crippen LogP) is 1.60. The number of rotatable bonds is 6. The first-order valence-electron chi connectivity index (χ1n) is 7.85. The topological polar surface area (TPSA) is 78.4 Å². The van der Waals surface area contributed by atoms with Crippen LogP contribution in [0.2, 0.25) is 0 Å². The molecule has 1 aliphatic rings. The number of carbonyl (C=O) groups excluding carboxylic acids is 2. The molecule has 0 spiro atoms. The lowest BCUT2D eigenvalue weighted by Gasteiger charge is -2.25. The number of para-hydroxylation sites is 1. The smallest absolute Gasteiger partial charge is 0.244 e. The second-order valence-electron chi connectivity index (χ2n) is 5.49. The predicted molar refractivity (Wildman–Crippen MR) is 93.0 cm³/mol. The van der Waals surface area contributed by atoms with Gasteiger partial charge in [-0.2, -0.15) is 0 Å². The average molecular weight is 345 g/mol. The Morgan fingerprint density at radius 2 is 2.21 bits per heavy atom. The maximum absolute atomic E-state index is 12.7. The van der Waals surface area contributed by atoms with Gasteiger partial charge in [0.1, 0.15) is 5.51 Å². The Bertz CT molecular complexity index is 692. The number of amides is 2. The van der Waals surface area contributed by atoms with Crippen molar-refractivity contribution in [2.75, 3.05) is 29.9 Å². The van der Waals surface area contributed by atoms with E-state index in [2.05, 4.69) is 15.5 Å². The normalized spacial score (nSPS) is 17.5. The molecule has 1 unspecified atom stereocenters. The molecule has 3 rings (SSSR count). The highest BCUT2D eigenvalue weighted by Crippen LogP contribution is 2.24. The molecule has 126 valence electrons. The molecule has 1 aliphatic heterocycles. The molecule has 1 aromatic heterocycles. The fourth-order valence-corrected chi connectivity index (χ4v) is 3.34. The summed E-state index contributed by atoms with van der Waals surface area (Å²) in [6.45, 7) is 3.41. The van der Waals surface area contributed by atoms with Crippen LogP contribution in [-0.4, -0.2) is 52.6 Å². The van der Waals surface area contributed by atoms with Crippen LogP contribution in [0.15, 0.2) is 35.8 Å². The summed E-state index contributed by atoms with van der Waals surface area (Å²) in [6, 6.07) is 9.36. The van der Waals surface area contributed by atoms with E-state index in [1.807, 2.05) is 42.2 Å². The minimum Gasteiger partial charge on any atom is -0.311 e. The van der Waals surface area contributed by atoms with Crippen LogP contribution in [0.5, 0.6) is 0 Å². The van der Waals surface area contributed by atoms with Crippen LogP contribution in [0.4, 0.5) is 10.8 Å². The Labute approximate surface area is 144 Å². The average Bonchev–Trinajstić information content (AvgIpc) is 3.23. The molecule has 2 heterocycles. The van der Waals surface area contributed by atoms with Gasteiger partial charge in [-0.25, -0.2) is 0 Å². The lowest BCUT2D eigenvalue weighted by atomic mass is 10.2. The van der Waals surface area contributed by atoms with E-state index in [0.717, 1.165) is 5.69 Å². The number of nitrogens with one attached hydrogen (secondary N) is 1. The van der Waals surface area contributed by atoms with E-state index < -0.39 is 0 Å². The van der Waals surface area contributed by atoms with Crippen molar-refractivity contribution in [3.05, 3.63) is 35.8 Å². The Morgan fingerprint density at radius 3 is 2.88 bits per heavy atom. The second kappa shape index (κ2) is 7.50. The number of aromatic nitrogens is 2. The Kier molecular flexibility index (Phi) is 5.17. The Balaban J connectivity index is 1.63. The minimum absolute atomic E-state index is 0.0479. The van der Waals surface area contributed by atoms with Crippen LogP contribution >= 0.6 is 11.3 Å². The molecule has 1 atom stereocenters. The highest BCUT2D eigenvalue weighted by atomic mass is 32.1.